The third kappa shape index (κ3) is 31.4. The Morgan fingerprint density at radius 3 is 1.00 bits per heavy atom. The molecular weight excluding hydrogens is 778 g/mol. The first-order valence-corrected chi connectivity index (χ1v) is 20.5. The molecule has 0 saturated carbocycles. The van der Waals surface area contributed by atoms with Gasteiger partial charge >= 0.3 is 29.8 Å². The number of primary amides is 1. The lowest BCUT2D eigenvalue weighted by atomic mass is 10.0. The Kier molecular flexibility index (Phi) is 29.7. The summed E-state index contributed by atoms with van der Waals surface area (Å²) in [6.45, 7) is 0. The quantitative estimate of drug-likeness (QED) is 0.0399. The van der Waals surface area contributed by atoms with Crippen molar-refractivity contribution in [3.63, 3.8) is 0 Å². The fraction of sp³-hybridized carbons (Fsp3) is 0.744. The summed E-state index contributed by atoms with van der Waals surface area (Å²) in [6.07, 6.45) is 11.0. The van der Waals surface area contributed by atoms with Crippen molar-refractivity contribution in [3.8, 4) is 0 Å². The van der Waals surface area contributed by atoms with Gasteiger partial charge in [0.1, 0.15) is 18.1 Å². The number of hydrogen-bond acceptors (Lipinski definition) is 10. The third-order valence-electron chi connectivity index (χ3n) is 9.45. The molecule has 0 aliphatic carbocycles. The van der Waals surface area contributed by atoms with Crippen LogP contribution in [0, 0.1) is 0 Å². The molecule has 0 bridgehead atoms. The van der Waals surface area contributed by atoms with E-state index < -0.39 is 116 Å². The number of carboxylic acids is 5. The van der Waals surface area contributed by atoms with Crippen LogP contribution in [0.25, 0.3) is 0 Å². The molecule has 0 aliphatic heterocycles. The zero-order valence-corrected chi connectivity index (χ0v) is 33.9. The predicted octanol–water partition coefficient (Wildman–Crippen LogP) is 2.59. The smallest absolute Gasteiger partial charge is 0.326 e. The van der Waals surface area contributed by atoms with Gasteiger partial charge in [0.05, 0.1) is 6.42 Å². The van der Waals surface area contributed by atoms with Gasteiger partial charge in [0.25, 0.3) is 0 Å². The van der Waals surface area contributed by atoms with Crippen molar-refractivity contribution in [2.24, 2.45) is 5.73 Å². The molecular formula is C39H65N5O15. The highest BCUT2D eigenvalue weighted by molar-refractivity contribution is 5.87. The minimum absolute atomic E-state index is 0.111. The van der Waals surface area contributed by atoms with Crippen molar-refractivity contribution in [3.05, 3.63) is 0 Å². The van der Waals surface area contributed by atoms with Gasteiger partial charge in [0, 0.05) is 44.6 Å². The predicted molar refractivity (Wildman–Crippen MR) is 211 cm³/mol. The van der Waals surface area contributed by atoms with Crippen LogP contribution in [0.2, 0.25) is 0 Å². The average molecular weight is 844 g/mol. The molecule has 11 N–H and O–H groups in total. The van der Waals surface area contributed by atoms with Crippen LogP contribution < -0.4 is 27.0 Å². The summed E-state index contributed by atoms with van der Waals surface area (Å²) in [5, 5.41) is 55.4. The third-order valence-corrected chi connectivity index (χ3v) is 9.45. The molecule has 0 aromatic heterocycles. The van der Waals surface area contributed by atoms with Gasteiger partial charge in [-0.25, -0.2) is 14.4 Å². The van der Waals surface area contributed by atoms with Gasteiger partial charge in [-0.1, -0.05) is 77.0 Å². The van der Waals surface area contributed by atoms with Crippen molar-refractivity contribution in [2.45, 2.75) is 185 Å². The van der Waals surface area contributed by atoms with E-state index in [1.165, 1.54) is 19.3 Å². The molecule has 59 heavy (non-hydrogen) atoms. The van der Waals surface area contributed by atoms with Gasteiger partial charge in [-0.15, -0.1) is 0 Å². The van der Waals surface area contributed by atoms with Crippen molar-refractivity contribution >= 4 is 59.4 Å². The minimum atomic E-state index is -1.57. The Labute approximate surface area is 344 Å². The summed E-state index contributed by atoms with van der Waals surface area (Å²) >= 11 is 0. The molecule has 5 amide bonds. The number of rotatable bonds is 38. The highest BCUT2D eigenvalue weighted by Crippen LogP contribution is 2.14. The van der Waals surface area contributed by atoms with Crippen LogP contribution in [0.5, 0.6) is 0 Å². The first kappa shape index (κ1) is 53.7. The molecule has 0 spiro atoms. The monoisotopic (exact) mass is 843 g/mol. The standard InChI is InChI=1S/C39H65N5O15/c40-30(45)21-18-27(37(54)55)43-33(48)22-17-26(25-36(52)53)41-32(47)23-19-29(39(58)59)44-34(49)24-20-28(38(56)57)42-31(46)15-13-11-9-7-5-3-1-2-4-6-8-10-12-14-16-35(50)51/h26-29H,1-25H2,(H2,40,45)(H,41,47)(H,42,46)(H,43,48)(H,44,49)(H,50,51)(H,52,53)(H,54,55)(H,56,57)(H,58,59)/t26-,27-,28-,29-/m0/s1. The second-order valence-electron chi connectivity index (χ2n) is 14.7. The summed E-state index contributed by atoms with van der Waals surface area (Å²) in [4.78, 5) is 118. The van der Waals surface area contributed by atoms with Gasteiger partial charge in [-0.2, -0.15) is 0 Å². The minimum Gasteiger partial charge on any atom is -0.481 e. The number of amides is 5. The maximum atomic E-state index is 12.6. The highest BCUT2D eigenvalue weighted by atomic mass is 16.4. The normalized spacial score (nSPS) is 12.9. The fourth-order valence-electron chi connectivity index (χ4n) is 6.13. The Morgan fingerprint density at radius 1 is 0.356 bits per heavy atom. The maximum Gasteiger partial charge on any atom is 0.326 e. The van der Waals surface area contributed by atoms with Crippen molar-refractivity contribution in [1.29, 1.82) is 0 Å². The number of nitrogens with one attached hydrogen (secondary N) is 4. The van der Waals surface area contributed by atoms with E-state index in [-0.39, 0.29) is 38.5 Å². The summed E-state index contributed by atoms with van der Waals surface area (Å²) in [6, 6.07) is -5.48. The van der Waals surface area contributed by atoms with E-state index in [1.807, 2.05) is 0 Å². The average Bonchev–Trinajstić information content (AvgIpc) is 3.14. The molecule has 4 atom stereocenters. The van der Waals surface area contributed by atoms with Crippen LogP contribution in [0.3, 0.4) is 0 Å². The maximum absolute atomic E-state index is 12.6. The number of carboxylic acid groups (broad SMARTS) is 5. The molecule has 0 rings (SSSR count). The Hall–Kier alpha value is -5.30. The highest BCUT2D eigenvalue weighted by Gasteiger charge is 2.26. The molecule has 0 saturated heterocycles. The van der Waals surface area contributed by atoms with E-state index in [0.29, 0.717) is 6.42 Å². The Bertz CT molecular complexity index is 1380. The fourth-order valence-corrected chi connectivity index (χ4v) is 6.13. The van der Waals surface area contributed by atoms with E-state index in [4.69, 9.17) is 10.8 Å². The van der Waals surface area contributed by atoms with Crippen LogP contribution >= 0.6 is 0 Å². The summed E-state index contributed by atoms with van der Waals surface area (Å²) in [7, 11) is 0. The van der Waals surface area contributed by atoms with Gasteiger partial charge in [0.15, 0.2) is 0 Å². The lowest BCUT2D eigenvalue weighted by Gasteiger charge is -2.19. The molecule has 0 aromatic rings. The lowest BCUT2D eigenvalue weighted by molar-refractivity contribution is -0.143. The van der Waals surface area contributed by atoms with Gasteiger partial charge in [0.2, 0.25) is 29.5 Å². The molecule has 336 valence electrons. The molecule has 0 heterocycles. The number of carbonyl (C=O) groups excluding carboxylic acids is 5. The van der Waals surface area contributed by atoms with Crippen LogP contribution in [-0.4, -0.2) is 109 Å². The Balaban J connectivity index is 4.53. The number of carbonyl (C=O) groups is 10. The van der Waals surface area contributed by atoms with Crippen LogP contribution in [0.15, 0.2) is 0 Å². The molecule has 0 radical (unpaired) electrons. The zero-order chi connectivity index (χ0) is 44.6. The largest absolute Gasteiger partial charge is 0.481 e. The molecule has 0 unspecified atom stereocenters. The van der Waals surface area contributed by atoms with Gasteiger partial charge < -0.3 is 52.5 Å². The first-order valence-electron chi connectivity index (χ1n) is 20.5. The molecule has 0 aromatic carbocycles. The summed E-state index contributed by atoms with van der Waals surface area (Å²) < 4.78 is 0. The van der Waals surface area contributed by atoms with Gasteiger partial charge in [-0.3, -0.25) is 33.6 Å². The number of nitrogens with two attached hydrogens (primary N) is 1. The Morgan fingerprint density at radius 2 is 0.661 bits per heavy atom. The number of aliphatic carboxylic acids is 5. The summed E-state index contributed by atoms with van der Waals surface area (Å²) in [5.74, 6) is -10.0. The van der Waals surface area contributed by atoms with E-state index in [1.54, 1.807) is 0 Å². The van der Waals surface area contributed by atoms with Gasteiger partial charge in [-0.05, 0) is 38.5 Å². The second-order valence-corrected chi connectivity index (χ2v) is 14.7. The lowest BCUT2D eigenvalue weighted by Crippen LogP contribution is -2.44. The van der Waals surface area contributed by atoms with Crippen molar-refractivity contribution in [2.75, 3.05) is 0 Å². The zero-order valence-electron chi connectivity index (χ0n) is 33.9. The SMILES string of the molecule is NC(=O)CC[C@H](NC(=O)CC[C@@H](CC(=O)O)NC(=O)CC[C@H](NC(=O)CC[C@H](NC(=O)CCCCCCCCCCCCCCCCC(=O)O)C(=O)O)C(=O)O)C(=O)O. The summed E-state index contributed by atoms with van der Waals surface area (Å²) in [5.41, 5.74) is 5.01. The number of unbranched alkanes of at least 4 members (excludes halogenated alkanes) is 13. The van der Waals surface area contributed by atoms with Crippen LogP contribution in [-0.2, 0) is 47.9 Å². The molecule has 20 nitrogen and oxygen atoms in total. The van der Waals surface area contributed by atoms with Crippen molar-refractivity contribution in [1.82, 2.24) is 21.3 Å². The van der Waals surface area contributed by atoms with Crippen LogP contribution in [0.4, 0.5) is 0 Å². The number of hydrogen-bond donors (Lipinski definition) is 10. The molecule has 0 aliphatic rings. The van der Waals surface area contributed by atoms with E-state index in [2.05, 4.69) is 21.3 Å². The van der Waals surface area contributed by atoms with E-state index >= 15 is 0 Å². The second kappa shape index (κ2) is 32.6. The molecule has 20 heteroatoms. The van der Waals surface area contributed by atoms with Crippen LogP contribution in [0.1, 0.15) is 161 Å². The molecule has 0 fully saturated rings. The van der Waals surface area contributed by atoms with E-state index in [9.17, 15) is 68.4 Å². The first-order chi connectivity index (χ1) is 27.9. The van der Waals surface area contributed by atoms with E-state index in [0.717, 1.165) is 64.2 Å². The van der Waals surface area contributed by atoms with Crippen molar-refractivity contribution < 1.29 is 73.5 Å². The topological polar surface area (TPSA) is 346 Å².